The van der Waals surface area contributed by atoms with Crippen LogP contribution in [0.3, 0.4) is 0 Å². The second kappa shape index (κ2) is 12.6. The molecule has 0 aliphatic heterocycles. The van der Waals surface area contributed by atoms with Crippen molar-refractivity contribution in [3.63, 3.8) is 0 Å². The van der Waals surface area contributed by atoms with Gasteiger partial charge in [0.25, 0.3) is 0 Å². The quantitative estimate of drug-likeness (QED) is 0.568. The molecule has 4 heteroatoms. The van der Waals surface area contributed by atoms with Gasteiger partial charge in [0.05, 0.1) is 19.8 Å². The normalized spacial score (nSPS) is 10.8. The third-order valence-electron chi connectivity index (χ3n) is 3.09. The smallest absolute Gasteiger partial charge is 0.119 e. The monoisotopic (exact) mass is 295 g/mol. The van der Waals surface area contributed by atoms with Crippen LogP contribution in [0, 0.1) is 0 Å². The molecule has 0 saturated carbocycles. The van der Waals surface area contributed by atoms with Gasteiger partial charge in [-0.1, -0.05) is 25.5 Å². The lowest BCUT2D eigenvalue weighted by molar-refractivity contribution is 0.0695. The maximum absolute atomic E-state index is 5.64. The molecule has 0 bridgehead atoms. The van der Waals surface area contributed by atoms with E-state index in [1.54, 1.807) is 7.11 Å². The van der Waals surface area contributed by atoms with Gasteiger partial charge >= 0.3 is 0 Å². The molecule has 4 nitrogen and oxygen atoms in total. The van der Waals surface area contributed by atoms with E-state index in [1.165, 1.54) is 5.56 Å². The van der Waals surface area contributed by atoms with Gasteiger partial charge in [-0.2, -0.15) is 0 Å². The summed E-state index contributed by atoms with van der Waals surface area (Å²) in [5, 5.41) is 3.41. The number of unbranched alkanes of at least 4 members (excludes halogenated alkanes) is 1. The van der Waals surface area contributed by atoms with Gasteiger partial charge in [0.15, 0.2) is 0 Å². The largest absolute Gasteiger partial charge is 0.494 e. The van der Waals surface area contributed by atoms with Gasteiger partial charge in [0, 0.05) is 20.3 Å². The van der Waals surface area contributed by atoms with Gasteiger partial charge < -0.3 is 19.5 Å². The molecule has 0 heterocycles. The summed E-state index contributed by atoms with van der Waals surface area (Å²) in [6.45, 7) is 6.93. The third-order valence-corrected chi connectivity index (χ3v) is 3.09. The average Bonchev–Trinajstić information content (AvgIpc) is 2.52. The highest BCUT2D eigenvalue weighted by molar-refractivity contribution is 5.27. The van der Waals surface area contributed by atoms with E-state index in [9.17, 15) is 0 Å². The predicted molar refractivity (Wildman–Crippen MR) is 85.9 cm³/mol. The predicted octanol–water partition coefficient (Wildman–Crippen LogP) is 3.01. The zero-order valence-electron chi connectivity index (χ0n) is 13.4. The first-order valence-corrected chi connectivity index (χ1v) is 7.86. The first kappa shape index (κ1) is 18.0. The van der Waals surface area contributed by atoms with Crippen molar-refractivity contribution in [2.24, 2.45) is 0 Å². The molecule has 0 spiro atoms. The van der Waals surface area contributed by atoms with Gasteiger partial charge in [-0.05, 0) is 37.1 Å². The van der Waals surface area contributed by atoms with Gasteiger partial charge in [0.2, 0.25) is 0 Å². The van der Waals surface area contributed by atoms with Crippen LogP contribution in [0.25, 0.3) is 0 Å². The molecule has 0 aliphatic carbocycles. The van der Waals surface area contributed by atoms with E-state index in [1.807, 2.05) is 12.1 Å². The number of hydrogen-bond acceptors (Lipinski definition) is 4. The minimum Gasteiger partial charge on any atom is -0.494 e. The van der Waals surface area contributed by atoms with Gasteiger partial charge in [-0.25, -0.2) is 0 Å². The Bertz CT molecular complexity index is 340. The summed E-state index contributed by atoms with van der Waals surface area (Å²) in [6, 6.07) is 8.31. The maximum Gasteiger partial charge on any atom is 0.119 e. The van der Waals surface area contributed by atoms with E-state index < -0.39 is 0 Å². The molecule has 21 heavy (non-hydrogen) atoms. The molecule has 1 aromatic rings. The molecule has 0 saturated heterocycles. The van der Waals surface area contributed by atoms with E-state index in [0.29, 0.717) is 13.2 Å². The lowest BCUT2D eigenvalue weighted by Crippen LogP contribution is -2.16. The van der Waals surface area contributed by atoms with Crippen molar-refractivity contribution in [1.82, 2.24) is 5.32 Å². The van der Waals surface area contributed by atoms with Crippen molar-refractivity contribution in [2.75, 3.05) is 40.1 Å². The molecule has 0 radical (unpaired) electrons. The van der Waals surface area contributed by atoms with Crippen LogP contribution in [0.1, 0.15) is 31.7 Å². The van der Waals surface area contributed by atoms with Crippen molar-refractivity contribution in [2.45, 2.75) is 32.7 Å². The second-order valence-corrected chi connectivity index (χ2v) is 4.98. The summed E-state index contributed by atoms with van der Waals surface area (Å²) in [5.41, 5.74) is 1.28. The Hall–Kier alpha value is -1.10. The highest BCUT2D eigenvalue weighted by Gasteiger charge is 1.96. The molecule has 0 unspecified atom stereocenters. The second-order valence-electron chi connectivity index (χ2n) is 4.98. The van der Waals surface area contributed by atoms with Crippen molar-refractivity contribution >= 4 is 0 Å². The van der Waals surface area contributed by atoms with Gasteiger partial charge in [0.1, 0.15) is 5.75 Å². The molecule has 0 atom stereocenters. The highest BCUT2D eigenvalue weighted by Crippen LogP contribution is 2.12. The Labute approximate surface area is 128 Å². The summed E-state index contributed by atoms with van der Waals surface area (Å²) in [6.07, 6.45) is 3.29. The van der Waals surface area contributed by atoms with E-state index >= 15 is 0 Å². The van der Waals surface area contributed by atoms with Crippen molar-refractivity contribution in [3.05, 3.63) is 29.8 Å². The topological polar surface area (TPSA) is 39.7 Å². The van der Waals surface area contributed by atoms with Crippen LogP contribution in [0.4, 0.5) is 0 Å². The summed E-state index contributed by atoms with van der Waals surface area (Å²) in [4.78, 5) is 0. The Balaban J connectivity index is 2.04. The lowest BCUT2D eigenvalue weighted by atomic mass is 10.2. The Morgan fingerprint density at radius 3 is 2.48 bits per heavy atom. The van der Waals surface area contributed by atoms with Crippen LogP contribution in [-0.4, -0.2) is 40.1 Å². The maximum atomic E-state index is 5.64. The zero-order chi connectivity index (χ0) is 15.2. The first-order chi connectivity index (χ1) is 10.4. The minimum atomic E-state index is 0.667. The number of ether oxygens (including phenoxy) is 3. The summed E-state index contributed by atoms with van der Waals surface area (Å²) < 4.78 is 16.0. The van der Waals surface area contributed by atoms with Crippen LogP contribution < -0.4 is 10.1 Å². The van der Waals surface area contributed by atoms with E-state index in [0.717, 1.165) is 51.3 Å². The minimum absolute atomic E-state index is 0.667. The SMILES string of the molecule is CCCCOc1ccc(CNCCCOCCOC)cc1. The highest BCUT2D eigenvalue weighted by atomic mass is 16.5. The van der Waals surface area contributed by atoms with Crippen molar-refractivity contribution < 1.29 is 14.2 Å². The van der Waals surface area contributed by atoms with Crippen LogP contribution in [-0.2, 0) is 16.0 Å². The van der Waals surface area contributed by atoms with E-state index in [2.05, 4.69) is 24.4 Å². The number of methoxy groups -OCH3 is 1. The van der Waals surface area contributed by atoms with E-state index in [4.69, 9.17) is 14.2 Å². The molecule has 0 amide bonds. The summed E-state index contributed by atoms with van der Waals surface area (Å²) in [5.74, 6) is 0.957. The molecular formula is C17H29NO3. The van der Waals surface area contributed by atoms with Gasteiger partial charge in [-0.15, -0.1) is 0 Å². The fourth-order valence-electron chi connectivity index (χ4n) is 1.81. The van der Waals surface area contributed by atoms with Gasteiger partial charge in [-0.3, -0.25) is 0 Å². The number of rotatable bonds is 13. The lowest BCUT2D eigenvalue weighted by Gasteiger charge is -2.08. The molecule has 1 N–H and O–H groups in total. The molecular weight excluding hydrogens is 266 g/mol. The Morgan fingerprint density at radius 2 is 1.76 bits per heavy atom. The first-order valence-electron chi connectivity index (χ1n) is 7.86. The van der Waals surface area contributed by atoms with Crippen LogP contribution >= 0.6 is 0 Å². The summed E-state index contributed by atoms with van der Waals surface area (Å²) >= 11 is 0. The molecule has 0 fully saturated rings. The number of benzene rings is 1. The van der Waals surface area contributed by atoms with Crippen molar-refractivity contribution in [3.8, 4) is 5.75 Å². The molecule has 0 aromatic heterocycles. The average molecular weight is 295 g/mol. The third kappa shape index (κ3) is 9.45. The number of nitrogens with one attached hydrogen (secondary N) is 1. The Morgan fingerprint density at radius 1 is 0.952 bits per heavy atom. The Kier molecular flexibility index (Phi) is 10.8. The molecule has 120 valence electrons. The van der Waals surface area contributed by atoms with Crippen LogP contribution in [0.5, 0.6) is 5.75 Å². The molecule has 0 aliphatic rings. The summed E-state index contributed by atoms with van der Waals surface area (Å²) in [7, 11) is 1.69. The fraction of sp³-hybridized carbons (Fsp3) is 0.647. The van der Waals surface area contributed by atoms with Crippen LogP contribution in [0.2, 0.25) is 0 Å². The van der Waals surface area contributed by atoms with Crippen molar-refractivity contribution in [1.29, 1.82) is 0 Å². The standard InChI is InChI=1S/C17H29NO3/c1-3-4-12-21-17-8-6-16(7-9-17)15-18-10-5-11-20-14-13-19-2/h6-9,18H,3-5,10-15H2,1-2H3. The fourth-order valence-corrected chi connectivity index (χ4v) is 1.81. The molecule has 1 rings (SSSR count). The number of hydrogen-bond donors (Lipinski definition) is 1. The molecule has 1 aromatic carbocycles. The van der Waals surface area contributed by atoms with E-state index in [-0.39, 0.29) is 0 Å². The van der Waals surface area contributed by atoms with Crippen LogP contribution in [0.15, 0.2) is 24.3 Å². The zero-order valence-corrected chi connectivity index (χ0v) is 13.4.